The minimum atomic E-state index is 0. The van der Waals surface area contributed by atoms with E-state index in [0.717, 1.165) is 140 Å². The number of hydrogen-bond donors (Lipinski definition) is 0. The Balaban J connectivity index is 0.000000135. The summed E-state index contributed by atoms with van der Waals surface area (Å²) in [6, 6.07) is 170. The first-order chi connectivity index (χ1) is 67.2. The number of pyridine rings is 6. The van der Waals surface area contributed by atoms with Crippen LogP contribution in [0.4, 0.5) is 0 Å². The van der Waals surface area contributed by atoms with Gasteiger partial charge in [-0.2, -0.15) is 0 Å². The fraction of sp³-hybridized carbons (Fsp3) is 0. The summed E-state index contributed by atoms with van der Waals surface area (Å²) in [5, 5.41) is 0. The van der Waals surface area contributed by atoms with Crippen molar-refractivity contribution in [2.24, 2.45) is 0 Å². The van der Waals surface area contributed by atoms with Crippen LogP contribution >= 0.6 is 0 Å². The van der Waals surface area contributed by atoms with Gasteiger partial charge < -0.3 is 29.9 Å². The van der Waals surface area contributed by atoms with E-state index in [1.807, 2.05) is 280 Å². The largest absolute Gasteiger partial charge is 3.00 e. The molecular formula is C130H94Ir2N6. The van der Waals surface area contributed by atoms with Crippen LogP contribution in [0.2, 0.25) is 0 Å². The van der Waals surface area contributed by atoms with E-state index in [4.69, 9.17) is 0 Å². The zero-order chi connectivity index (χ0) is 93.1. The summed E-state index contributed by atoms with van der Waals surface area (Å²) in [6.07, 6.45) is 20.4. The molecule has 0 radical (unpaired) electrons. The first-order valence-corrected chi connectivity index (χ1v) is 44.8. The van der Waals surface area contributed by atoms with E-state index in [-0.39, 0.29) is 40.2 Å². The molecule has 0 fully saturated rings. The summed E-state index contributed by atoms with van der Waals surface area (Å²) in [5.74, 6) is 0. The predicted octanol–water partition coefficient (Wildman–Crippen LogP) is 33.5. The fourth-order valence-electron chi connectivity index (χ4n) is 15.3. The summed E-state index contributed by atoms with van der Waals surface area (Å²) in [5.41, 5.74) is 38.3. The van der Waals surface area contributed by atoms with Crippen molar-refractivity contribution in [2.75, 3.05) is 0 Å². The first-order valence-electron chi connectivity index (χ1n) is 44.8. The van der Waals surface area contributed by atoms with Gasteiger partial charge in [0.25, 0.3) is 0 Å². The number of aromatic nitrogens is 6. The van der Waals surface area contributed by atoms with Crippen LogP contribution in [0.1, 0.15) is 27.8 Å². The molecule has 662 valence electrons. The maximum absolute atomic E-state index is 4.52. The van der Waals surface area contributed by atoms with E-state index in [1.165, 1.54) is 55.6 Å². The van der Waals surface area contributed by atoms with Gasteiger partial charge >= 0.3 is 40.2 Å². The zero-order valence-corrected chi connectivity index (χ0v) is 80.7. The molecule has 0 bridgehead atoms. The molecule has 6 heterocycles. The van der Waals surface area contributed by atoms with Crippen molar-refractivity contribution in [2.45, 2.75) is 0 Å². The van der Waals surface area contributed by atoms with E-state index >= 15 is 0 Å². The van der Waals surface area contributed by atoms with E-state index < -0.39 is 0 Å². The van der Waals surface area contributed by atoms with Crippen molar-refractivity contribution in [1.82, 2.24) is 29.9 Å². The summed E-state index contributed by atoms with van der Waals surface area (Å²) in [6.45, 7) is 19.2. The van der Waals surface area contributed by atoms with Gasteiger partial charge in [0, 0.05) is 37.2 Å². The van der Waals surface area contributed by atoms with Crippen LogP contribution in [0.25, 0.3) is 198 Å². The molecule has 21 rings (SSSR count). The summed E-state index contributed by atoms with van der Waals surface area (Å²) >= 11 is 0. The molecule has 21 aromatic rings. The van der Waals surface area contributed by atoms with Gasteiger partial charge in [-0.3, -0.25) is 0 Å². The van der Waals surface area contributed by atoms with Gasteiger partial charge in [-0.15, -0.1) is 214 Å². The third-order valence-electron chi connectivity index (χ3n) is 22.4. The molecule has 0 aliphatic rings. The normalized spacial score (nSPS) is 10.2. The Morgan fingerprint density at radius 1 is 0.152 bits per heavy atom. The van der Waals surface area contributed by atoms with Crippen LogP contribution in [0.3, 0.4) is 0 Å². The summed E-state index contributed by atoms with van der Waals surface area (Å²) in [4.78, 5) is 26.7. The second-order valence-electron chi connectivity index (χ2n) is 31.5. The van der Waals surface area contributed by atoms with E-state index in [9.17, 15) is 0 Å². The third kappa shape index (κ3) is 26.8. The SMILES string of the molecule is C=Cc1cccc(-c2ccc(-c3[c-]cccc3)nc2)c1.C=Cc1cccc(-c2ccc(-c3[c-]cccc3)nc2)c1.C=Cc1cccc(-c2ccc(-c3[c-]cccc3)nc2)c1.C=Cc1cccc(-c2cccc(-c3cccc(-c4cc[c-]c(-c5ccccn5)c4)c3)c2)c1.C=Cc1cccc(-c2cccc(-c3cccc(-c4cc[c-]c(-c5ccccn5)c4)c3)c2)c1.[Ir+3].[Ir+3].[c-]1ccccc1-c1ccccn1. The molecule has 8 heteroatoms. The third-order valence-corrected chi connectivity index (χ3v) is 22.4. The van der Waals surface area contributed by atoms with Gasteiger partial charge in [-0.1, -0.05) is 300 Å². The molecule has 0 saturated carbocycles. The van der Waals surface area contributed by atoms with Crippen LogP contribution in [0, 0.1) is 36.4 Å². The van der Waals surface area contributed by atoms with Crippen molar-refractivity contribution >= 4 is 30.4 Å². The molecule has 0 aliphatic heterocycles. The minimum Gasteiger partial charge on any atom is -0.305 e. The predicted molar refractivity (Wildman–Crippen MR) is 570 cm³/mol. The number of benzene rings is 15. The van der Waals surface area contributed by atoms with Gasteiger partial charge in [-0.25, -0.2) is 0 Å². The monoisotopic (exact) mass is 2120 g/mol. The quantitative estimate of drug-likeness (QED) is 0.0708. The second kappa shape index (κ2) is 50.3. The summed E-state index contributed by atoms with van der Waals surface area (Å²) in [7, 11) is 0. The average Bonchev–Trinajstić information content (AvgIpc) is 0.829. The van der Waals surface area contributed by atoms with Gasteiger partial charge in [-0.05, 0) is 224 Å². The van der Waals surface area contributed by atoms with E-state index in [0.29, 0.717) is 0 Å². The maximum atomic E-state index is 4.52. The topological polar surface area (TPSA) is 77.3 Å². The van der Waals surface area contributed by atoms with Crippen LogP contribution in [0.5, 0.6) is 0 Å². The number of nitrogens with zero attached hydrogens (tertiary/aromatic N) is 6. The minimum absolute atomic E-state index is 0. The zero-order valence-electron chi connectivity index (χ0n) is 75.9. The van der Waals surface area contributed by atoms with Crippen molar-refractivity contribution in [1.29, 1.82) is 0 Å². The molecule has 0 aliphatic carbocycles. The van der Waals surface area contributed by atoms with E-state index in [2.05, 4.69) is 324 Å². The molecule has 0 N–H and O–H groups in total. The molecule has 6 nitrogen and oxygen atoms in total. The van der Waals surface area contributed by atoms with Crippen LogP contribution in [-0.4, -0.2) is 29.9 Å². The van der Waals surface area contributed by atoms with Crippen LogP contribution in [0.15, 0.2) is 513 Å². The number of hydrogen-bond acceptors (Lipinski definition) is 6. The van der Waals surface area contributed by atoms with Gasteiger partial charge in [0.2, 0.25) is 0 Å². The fourth-order valence-corrected chi connectivity index (χ4v) is 15.3. The molecule has 6 aromatic heterocycles. The molecule has 15 aromatic carbocycles. The van der Waals surface area contributed by atoms with Crippen molar-refractivity contribution in [3.8, 4) is 168 Å². The van der Waals surface area contributed by atoms with E-state index in [1.54, 1.807) is 6.20 Å². The van der Waals surface area contributed by atoms with Gasteiger partial charge in [0.05, 0.1) is 0 Å². The Morgan fingerprint density at radius 3 is 0.565 bits per heavy atom. The Morgan fingerprint density at radius 2 is 0.355 bits per heavy atom. The Hall–Kier alpha value is -16.8. The molecule has 0 amide bonds. The molecule has 0 spiro atoms. The Labute approximate surface area is 838 Å². The first kappa shape index (κ1) is 97.2. The molecule has 0 unspecified atom stereocenters. The molecule has 0 saturated heterocycles. The molecule has 138 heavy (non-hydrogen) atoms. The second-order valence-corrected chi connectivity index (χ2v) is 31.5. The smallest absolute Gasteiger partial charge is 0.305 e. The Bertz CT molecular complexity index is 6950. The summed E-state index contributed by atoms with van der Waals surface area (Å²) < 4.78 is 0. The average molecular weight is 2120 g/mol. The van der Waals surface area contributed by atoms with Crippen LogP contribution in [-0.2, 0) is 40.2 Å². The van der Waals surface area contributed by atoms with Crippen molar-refractivity contribution in [3.63, 3.8) is 0 Å². The van der Waals surface area contributed by atoms with Gasteiger partial charge in [0.1, 0.15) is 0 Å². The van der Waals surface area contributed by atoms with Gasteiger partial charge in [0.15, 0.2) is 0 Å². The van der Waals surface area contributed by atoms with Crippen molar-refractivity contribution in [3.05, 3.63) is 577 Å². The maximum Gasteiger partial charge on any atom is 3.00 e. The Kier molecular flexibility index (Phi) is 35.5. The van der Waals surface area contributed by atoms with Crippen LogP contribution < -0.4 is 0 Å². The molecule has 0 atom stereocenters. The standard InChI is InChI=1S/2C31H22N.3C19H14N.C11H8N.2Ir/c2*1-2-23-9-5-10-24(19-23)25-11-6-12-26(20-25)27-13-7-14-28(21-27)29-15-8-16-30(22-29)31-17-3-4-18-32-31;3*1-2-15-7-6-10-17(13-15)18-11-12-19(20-14-18)16-8-4-3-5-9-16;1-2-6-10(7-3-1)11-8-4-5-9-12-11;;/h2*2-15,17-22H,1H2;3*2-8,10-14H,1H2;1-6,8-9H;;/q6*-1;2*+3. The van der Waals surface area contributed by atoms with Crippen molar-refractivity contribution < 1.29 is 40.2 Å². The number of rotatable bonds is 20. The molecular weight excluding hydrogens is 2030 g/mol.